The molecule has 0 spiro atoms. The van der Waals surface area contributed by atoms with E-state index in [4.69, 9.17) is 0 Å². The molecule has 0 saturated carbocycles. The summed E-state index contributed by atoms with van der Waals surface area (Å²) in [4.78, 5) is 12.0. The van der Waals surface area contributed by atoms with Crippen LogP contribution in [0, 0.1) is 13.8 Å². The van der Waals surface area contributed by atoms with Gasteiger partial charge in [0.25, 0.3) is 0 Å². The second-order valence-corrected chi connectivity index (χ2v) is 3.18. The van der Waals surface area contributed by atoms with Gasteiger partial charge in [-0.25, -0.2) is 4.79 Å². The molecule has 0 aromatic carbocycles. The van der Waals surface area contributed by atoms with Crippen molar-refractivity contribution in [3.05, 3.63) is 16.1 Å². The van der Waals surface area contributed by atoms with Gasteiger partial charge >= 0.3 is 5.97 Å². The molecule has 0 atom stereocenters. The van der Waals surface area contributed by atoms with Gasteiger partial charge in [0, 0.05) is 4.88 Å². The first-order valence-electron chi connectivity index (χ1n) is 3.18. The average Bonchev–Trinajstić information content (AvgIpc) is 2.32. The highest BCUT2D eigenvalue weighted by Gasteiger charge is 2.13. The number of ether oxygens (including phenoxy) is 1. The van der Waals surface area contributed by atoms with Crippen molar-refractivity contribution in [3.8, 4) is 0 Å². The van der Waals surface area contributed by atoms with E-state index < -0.39 is 0 Å². The van der Waals surface area contributed by atoms with E-state index in [1.54, 1.807) is 0 Å². The Morgan fingerprint density at radius 3 is 2.55 bits per heavy atom. The molecule has 0 N–H and O–H groups in total. The van der Waals surface area contributed by atoms with Gasteiger partial charge in [-0.1, -0.05) is 0 Å². The van der Waals surface area contributed by atoms with Crippen molar-refractivity contribution in [1.82, 2.24) is 4.37 Å². The maximum absolute atomic E-state index is 11.0. The summed E-state index contributed by atoms with van der Waals surface area (Å²) in [6.45, 7) is 3.80. The molecule has 1 rings (SSSR count). The van der Waals surface area contributed by atoms with Crippen LogP contribution in [0.15, 0.2) is 0 Å². The Morgan fingerprint density at radius 1 is 1.55 bits per heavy atom. The average molecular weight is 171 g/mol. The second-order valence-electron chi connectivity index (χ2n) is 2.20. The number of hydrogen-bond donors (Lipinski definition) is 0. The predicted molar refractivity (Wildman–Crippen MR) is 42.9 cm³/mol. The highest BCUT2D eigenvalue weighted by molar-refractivity contribution is 7.06. The molecule has 0 aliphatic carbocycles. The lowest BCUT2D eigenvalue weighted by Crippen LogP contribution is -2.02. The van der Waals surface area contributed by atoms with Crippen molar-refractivity contribution < 1.29 is 9.53 Å². The number of carbonyl (C=O) groups excluding carboxylic acids is 1. The number of rotatable bonds is 1. The summed E-state index contributed by atoms with van der Waals surface area (Å²) in [5.74, 6) is -0.355. The van der Waals surface area contributed by atoms with Crippen molar-refractivity contribution in [3.63, 3.8) is 0 Å². The molecule has 0 amide bonds. The van der Waals surface area contributed by atoms with E-state index in [-0.39, 0.29) is 5.97 Å². The number of nitrogens with zero attached hydrogens (tertiary/aromatic N) is 1. The van der Waals surface area contributed by atoms with E-state index in [0.29, 0.717) is 5.69 Å². The van der Waals surface area contributed by atoms with Crippen LogP contribution in [0.3, 0.4) is 0 Å². The first kappa shape index (κ1) is 8.20. The number of carbonyl (C=O) groups is 1. The number of methoxy groups -OCH3 is 1. The number of aromatic nitrogens is 1. The molecule has 1 heterocycles. The second kappa shape index (κ2) is 3.00. The van der Waals surface area contributed by atoms with Crippen LogP contribution in [-0.4, -0.2) is 17.5 Å². The van der Waals surface area contributed by atoms with E-state index in [9.17, 15) is 4.79 Å². The smallest absolute Gasteiger partial charge is 0.358 e. The van der Waals surface area contributed by atoms with Gasteiger partial charge in [0.15, 0.2) is 5.69 Å². The summed E-state index contributed by atoms with van der Waals surface area (Å²) in [7, 11) is 1.36. The maximum Gasteiger partial charge on any atom is 0.358 e. The molecule has 0 bridgehead atoms. The number of hydrogen-bond acceptors (Lipinski definition) is 4. The highest BCUT2D eigenvalue weighted by atomic mass is 32.1. The molecule has 0 fully saturated rings. The Balaban J connectivity index is 3.04. The Hall–Kier alpha value is -0.900. The maximum atomic E-state index is 11.0. The lowest BCUT2D eigenvalue weighted by molar-refractivity contribution is 0.0594. The summed E-state index contributed by atoms with van der Waals surface area (Å²) in [6.07, 6.45) is 0. The molecule has 0 aliphatic rings. The van der Waals surface area contributed by atoms with Crippen molar-refractivity contribution >= 4 is 17.5 Å². The highest BCUT2D eigenvalue weighted by Crippen LogP contribution is 2.16. The van der Waals surface area contributed by atoms with Crippen molar-refractivity contribution in [2.45, 2.75) is 13.8 Å². The Bertz CT molecular complexity index is 280. The van der Waals surface area contributed by atoms with Crippen LogP contribution in [0.1, 0.15) is 20.9 Å². The van der Waals surface area contributed by atoms with Crippen molar-refractivity contribution in [1.29, 1.82) is 0 Å². The summed E-state index contributed by atoms with van der Waals surface area (Å²) >= 11 is 1.32. The molecule has 4 heteroatoms. The molecular formula is C7H9NO2S. The van der Waals surface area contributed by atoms with Crippen molar-refractivity contribution in [2.24, 2.45) is 0 Å². The van der Waals surface area contributed by atoms with Gasteiger partial charge in [-0.2, -0.15) is 4.37 Å². The van der Waals surface area contributed by atoms with Gasteiger partial charge < -0.3 is 4.74 Å². The number of esters is 1. The SMILES string of the molecule is COC(=O)c1nsc(C)c1C. The van der Waals surface area contributed by atoms with E-state index >= 15 is 0 Å². The zero-order valence-corrected chi connectivity index (χ0v) is 7.49. The standard InChI is InChI=1S/C7H9NO2S/c1-4-5(2)11-8-6(4)7(9)10-3/h1-3H3. The van der Waals surface area contributed by atoms with Crippen LogP contribution < -0.4 is 0 Å². The van der Waals surface area contributed by atoms with Crippen LogP contribution in [0.25, 0.3) is 0 Å². The molecule has 11 heavy (non-hydrogen) atoms. The van der Waals surface area contributed by atoms with Crippen LogP contribution in [-0.2, 0) is 4.74 Å². The van der Waals surface area contributed by atoms with Crippen LogP contribution in [0.5, 0.6) is 0 Å². The first-order chi connectivity index (χ1) is 5.16. The Kier molecular flexibility index (Phi) is 2.24. The van der Waals surface area contributed by atoms with Gasteiger partial charge in [0.1, 0.15) is 0 Å². The monoisotopic (exact) mass is 171 g/mol. The van der Waals surface area contributed by atoms with Gasteiger partial charge in [-0.05, 0) is 30.9 Å². The summed E-state index contributed by atoms with van der Waals surface area (Å²) in [5, 5.41) is 0. The quantitative estimate of drug-likeness (QED) is 0.602. The van der Waals surface area contributed by atoms with Crippen LogP contribution in [0.4, 0.5) is 0 Å². The van der Waals surface area contributed by atoms with Crippen molar-refractivity contribution in [2.75, 3.05) is 7.11 Å². The first-order valence-corrected chi connectivity index (χ1v) is 3.95. The molecule has 1 aromatic rings. The molecule has 1 aromatic heterocycles. The normalized spacial score (nSPS) is 9.73. The van der Waals surface area contributed by atoms with Crippen LogP contribution >= 0.6 is 11.5 Å². The molecule has 3 nitrogen and oxygen atoms in total. The minimum absolute atomic E-state index is 0.355. The topological polar surface area (TPSA) is 39.2 Å². The Labute approximate surface area is 69.2 Å². The molecule has 60 valence electrons. The molecule has 0 unspecified atom stereocenters. The zero-order chi connectivity index (χ0) is 8.43. The predicted octanol–water partition coefficient (Wildman–Crippen LogP) is 1.55. The summed E-state index contributed by atoms with van der Waals surface area (Å²) < 4.78 is 8.49. The van der Waals surface area contributed by atoms with Gasteiger partial charge in [-0.3, -0.25) is 0 Å². The van der Waals surface area contributed by atoms with E-state index in [2.05, 4.69) is 9.11 Å². The van der Waals surface area contributed by atoms with E-state index in [1.807, 2.05) is 13.8 Å². The fourth-order valence-electron chi connectivity index (χ4n) is 0.705. The summed E-state index contributed by atoms with van der Waals surface area (Å²) in [5.41, 5.74) is 1.36. The van der Waals surface area contributed by atoms with Gasteiger partial charge in [0.2, 0.25) is 0 Å². The third kappa shape index (κ3) is 1.40. The zero-order valence-electron chi connectivity index (χ0n) is 6.67. The minimum atomic E-state index is -0.355. The Morgan fingerprint density at radius 2 is 2.18 bits per heavy atom. The summed E-state index contributed by atoms with van der Waals surface area (Å²) in [6, 6.07) is 0. The molecular weight excluding hydrogens is 162 g/mol. The van der Waals surface area contributed by atoms with E-state index in [1.165, 1.54) is 18.6 Å². The minimum Gasteiger partial charge on any atom is -0.464 e. The third-order valence-electron chi connectivity index (χ3n) is 1.54. The van der Waals surface area contributed by atoms with Gasteiger partial charge in [-0.15, -0.1) is 0 Å². The van der Waals surface area contributed by atoms with E-state index in [0.717, 1.165) is 10.4 Å². The fourth-order valence-corrected chi connectivity index (χ4v) is 1.38. The lowest BCUT2D eigenvalue weighted by Gasteiger charge is -1.94. The fraction of sp³-hybridized carbons (Fsp3) is 0.429. The molecule has 0 saturated heterocycles. The third-order valence-corrected chi connectivity index (χ3v) is 2.39. The lowest BCUT2D eigenvalue weighted by atomic mass is 10.2. The van der Waals surface area contributed by atoms with Gasteiger partial charge in [0.05, 0.1) is 7.11 Å². The number of aryl methyl sites for hydroxylation is 1. The largest absolute Gasteiger partial charge is 0.464 e. The molecule has 0 aliphatic heterocycles. The molecule has 0 radical (unpaired) electrons. The van der Waals surface area contributed by atoms with Crippen LogP contribution in [0.2, 0.25) is 0 Å².